The molecule has 1 aromatic rings. The predicted octanol–water partition coefficient (Wildman–Crippen LogP) is 2.40. The third-order valence-corrected chi connectivity index (χ3v) is 3.60. The minimum absolute atomic E-state index is 0.172. The van der Waals surface area contributed by atoms with E-state index in [0.717, 1.165) is 38.5 Å². The standard InChI is InChI=1S/C16H25NO3/c1-3-19-15-6-4-5-13(11-15)16-14(7-9-20-16)12-17-8-10-18-2/h4-6,11,14,16-17H,3,7-10,12H2,1-2H3. The van der Waals surface area contributed by atoms with Gasteiger partial charge in [-0.05, 0) is 31.0 Å². The Hall–Kier alpha value is -1.10. The zero-order valence-electron chi connectivity index (χ0n) is 12.4. The molecule has 0 aliphatic carbocycles. The quantitative estimate of drug-likeness (QED) is 0.742. The Morgan fingerprint density at radius 3 is 3.10 bits per heavy atom. The summed E-state index contributed by atoms with van der Waals surface area (Å²) in [5.74, 6) is 1.44. The van der Waals surface area contributed by atoms with Gasteiger partial charge < -0.3 is 19.5 Å². The van der Waals surface area contributed by atoms with Crippen molar-refractivity contribution in [3.05, 3.63) is 29.8 Å². The van der Waals surface area contributed by atoms with E-state index in [1.54, 1.807) is 7.11 Å². The van der Waals surface area contributed by atoms with Crippen LogP contribution in [0.4, 0.5) is 0 Å². The lowest BCUT2D eigenvalue weighted by Gasteiger charge is -2.20. The van der Waals surface area contributed by atoms with Gasteiger partial charge >= 0.3 is 0 Å². The number of hydrogen-bond acceptors (Lipinski definition) is 4. The van der Waals surface area contributed by atoms with E-state index in [1.807, 2.05) is 19.1 Å². The Bertz CT molecular complexity index is 397. The number of rotatable bonds is 8. The maximum absolute atomic E-state index is 5.91. The van der Waals surface area contributed by atoms with Crippen LogP contribution in [0.15, 0.2) is 24.3 Å². The summed E-state index contributed by atoms with van der Waals surface area (Å²) < 4.78 is 16.5. The molecule has 112 valence electrons. The van der Waals surface area contributed by atoms with Crippen molar-refractivity contribution in [3.63, 3.8) is 0 Å². The molecule has 2 unspecified atom stereocenters. The minimum atomic E-state index is 0.172. The molecule has 1 heterocycles. The molecule has 1 aromatic carbocycles. The molecular formula is C16H25NO3. The summed E-state index contributed by atoms with van der Waals surface area (Å²) in [6.45, 7) is 6.13. The molecule has 1 aliphatic heterocycles. The number of nitrogens with one attached hydrogen (secondary N) is 1. The van der Waals surface area contributed by atoms with E-state index in [1.165, 1.54) is 5.56 Å². The molecule has 0 amide bonds. The second-order valence-electron chi connectivity index (χ2n) is 5.04. The van der Waals surface area contributed by atoms with Crippen LogP contribution in [0.2, 0.25) is 0 Å². The largest absolute Gasteiger partial charge is 0.494 e. The van der Waals surface area contributed by atoms with E-state index in [4.69, 9.17) is 14.2 Å². The average Bonchev–Trinajstić information content (AvgIpc) is 2.93. The highest BCUT2D eigenvalue weighted by atomic mass is 16.5. The minimum Gasteiger partial charge on any atom is -0.494 e. The van der Waals surface area contributed by atoms with Gasteiger partial charge in [0, 0.05) is 32.7 Å². The SMILES string of the molecule is CCOc1cccc(C2OCCC2CNCCOC)c1. The Kier molecular flexibility index (Phi) is 6.30. The van der Waals surface area contributed by atoms with Gasteiger partial charge in [-0.25, -0.2) is 0 Å². The smallest absolute Gasteiger partial charge is 0.119 e. The Morgan fingerprint density at radius 2 is 2.30 bits per heavy atom. The zero-order valence-corrected chi connectivity index (χ0v) is 12.4. The molecule has 0 radical (unpaired) electrons. The van der Waals surface area contributed by atoms with E-state index >= 15 is 0 Å². The van der Waals surface area contributed by atoms with E-state index in [2.05, 4.69) is 17.4 Å². The van der Waals surface area contributed by atoms with Crippen molar-refractivity contribution in [1.29, 1.82) is 0 Å². The lowest BCUT2D eigenvalue weighted by molar-refractivity contribution is 0.0896. The van der Waals surface area contributed by atoms with E-state index < -0.39 is 0 Å². The third-order valence-electron chi connectivity index (χ3n) is 3.60. The van der Waals surface area contributed by atoms with Crippen LogP contribution in [-0.4, -0.2) is 40.0 Å². The highest BCUT2D eigenvalue weighted by Crippen LogP contribution is 2.35. The lowest BCUT2D eigenvalue weighted by atomic mass is 9.95. The molecule has 2 atom stereocenters. The van der Waals surface area contributed by atoms with Crippen LogP contribution < -0.4 is 10.1 Å². The zero-order chi connectivity index (χ0) is 14.2. The normalized spacial score (nSPS) is 22.1. The molecule has 0 spiro atoms. The first-order valence-corrected chi connectivity index (χ1v) is 7.39. The molecule has 2 rings (SSSR count). The molecule has 0 bridgehead atoms. The maximum Gasteiger partial charge on any atom is 0.119 e. The van der Waals surface area contributed by atoms with Gasteiger partial charge in [0.15, 0.2) is 0 Å². The van der Waals surface area contributed by atoms with Crippen molar-refractivity contribution in [2.75, 3.05) is 40.0 Å². The van der Waals surface area contributed by atoms with Crippen LogP contribution in [0.25, 0.3) is 0 Å². The fourth-order valence-electron chi connectivity index (χ4n) is 2.62. The van der Waals surface area contributed by atoms with Crippen LogP contribution >= 0.6 is 0 Å². The van der Waals surface area contributed by atoms with E-state index in [0.29, 0.717) is 12.5 Å². The van der Waals surface area contributed by atoms with Crippen LogP contribution in [0.5, 0.6) is 5.75 Å². The summed E-state index contributed by atoms with van der Waals surface area (Å²) in [7, 11) is 1.72. The number of benzene rings is 1. The van der Waals surface area contributed by atoms with Gasteiger partial charge in [-0.2, -0.15) is 0 Å². The molecule has 4 nitrogen and oxygen atoms in total. The van der Waals surface area contributed by atoms with E-state index in [9.17, 15) is 0 Å². The van der Waals surface area contributed by atoms with Crippen molar-refractivity contribution in [2.45, 2.75) is 19.4 Å². The van der Waals surface area contributed by atoms with Crippen molar-refractivity contribution in [1.82, 2.24) is 5.32 Å². The second kappa shape index (κ2) is 8.25. The van der Waals surface area contributed by atoms with Crippen molar-refractivity contribution < 1.29 is 14.2 Å². The first kappa shape index (κ1) is 15.3. The molecule has 1 fully saturated rings. The van der Waals surface area contributed by atoms with Crippen molar-refractivity contribution in [3.8, 4) is 5.75 Å². The first-order chi connectivity index (χ1) is 9.85. The van der Waals surface area contributed by atoms with Gasteiger partial charge in [-0.1, -0.05) is 12.1 Å². The summed E-state index contributed by atoms with van der Waals surface area (Å²) in [5.41, 5.74) is 1.21. The van der Waals surface area contributed by atoms with Gasteiger partial charge in [-0.15, -0.1) is 0 Å². The van der Waals surface area contributed by atoms with Gasteiger partial charge in [0.25, 0.3) is 0 Å². The number of methoxy groups -OCH3 is 1. The summed E-state index contributed by atoms with van der Waals surface area (Å²) in [6, 6.07) is 8.26. The average molecular weight is 279 g/mol. The van der Waals surface area contributed by atoms with Crippen LogP contribution in [-0.2, 0) is 9.47 Å². The van der Waals surface area contributed by atoms with Crippen LogP contribution in [0.3, 0.4) is 0 Å². The summed E-state index contributed by atoms with van der Waals surface area (Å²) in [6.07, 6.45) is 1.27. The van der Waals surface area contributed by atoms with Crippen molar-refractivity contribution in [2.24, 2.45) is 5.92 Å². The molecule has 1 saturated heterocycles. The Labute approximate surface area is 121 Å². The molecule has 20 heavy (non-hydrogen) atoms. The highest BCUT2D eigenvalue weighted by Gasteiger charge is 2.29. The third kappa shape index (κ3) is 4.20. The molecule has 1 aliphatic rings. The fraction of sp³-hybridized carbons (Fsp3) is 0.625. The Balaban J connectivity index is 1.93. The molecule has 0 aromatic heterocycles. The fourth-order valence-corrected chi connectivity index (χ4v) is 2.62. The summed E-state index contributed by atoms with van der Waals surface area (Å²) >= 11 is 0. The predicted molar refractivity (Wildman–Crippen MR) is 79.2 cm³/mol. The van der Waals surface area contributed by atoms with Crippen LogP contribution in [0, 0.1) is 5.92 Å². The lowest BCUT2D eigenvalue weighted by Crippen LogP contribution is -2.27. The molecule has 1 N–H and O–H groups in total. The number of hydrogen-bond donors (Lipinski definition) is 1. The Morgan fingerprint density at radius 1 is 1.40 bits per heavy atom. The highest BCUT2D eigenvalue weighted by molar-refractivity contribution is 5.30. The first-order valence-electron chi connectivity index (χ1n) is 7.39. The van der Waals surface area contributed by atoms with Gasteiger partial charge in [0.05, 0.1) is 19.3 Å². The topological polar surface area (TPSA) is 39.7 Å². The van der Waals surface area contributed by atoms with Crippen LogP contribution in [0.1, 0.15) is 25.0 Å². The number of ether oxygens (including phenoxy) is 3. The molecular weight excluding hydrogens is 254 g/mol. The molecule has 0 saturated carbocycles. The summed E-state index contributed by atoms with van der Waals surface area (Å²) in [5, 5.41) is 3.43. The van der Waals surface area contributed by atoms with Gasteiger partial charge in [-0.3, -0.25) is 0 Å². The van der Waals surface area contributed by atoms with Gasteiger partial charge in [0.2, 0.25) is 0 Å². The summed E-state index contributed by atoms with van der Waals surface area (Å²) in [4.78, 5) is 0. The van der Waals surface area contributed by atoms with E-state index in [-0.39, 0.29) is 6.10 Å². The maximum atomic E-state index is 5.91. The molecule has 4 heteroatoms. The second-order valence-corrected chi connectivity index (χ2v) is 5.04. The van der Waals surface area contributed by atoms with Crippen molar-refractivity contribution >= 4 is 0 Å². The van der Waals surface area contributed by atoms with Gasteiger partial charge in [0.1, 0.15) is 5.75 Å². The monoisotopic (exact) mass is 279 g/mol.